The Labute approximate surface area is 199 Å². The second-order valence-corrected chi connectivity index (χ2v) is 9.83. The van der Waals surface area contributed by atoms with Crippen molar-refractivity contribution in [2.75, 3.05) is 44.0 Å². The first-order chi connectivity index (χ1) is 16.2. The molecule has 2 unspecified atom stereocenters. The highest BCUT2D eigenvalue weighted by atomic mass is 32.2. The van der Waals surface area contributed by atoms with Crippen LogP contribution in [0, 0.1) is 0 Å². The number of hydrogen-bond acceptors (Lipinski definition) is 7. The average molecular weight is 492 g/mol. The van der Waals surface area contributed by atoms with E-state index in [1.165, 1.54) is 35.7 Å². The first kappa shape index (κ1) is 25.6. The van der Waals surface area contributed by atoms with Gasteiger partial charge in [0, 0.05) is 37.1 Å². The van der Waals surface area contributed by atoms with Crippen molar-refractivity contribution < 1.29 is 32.2 Å². The van der Waals surface area contributed by atoms with Gasteiger partial charge >= 0.3 is 6.09 Å². The monoisotopic (exact) mass is 491 g/mol. The molecule has 0 radical (unpaired) electrons. The zero-order valence-electron chi connectivity index (χ0n) is 19.3. The minimum Gasteiger partial charge on any atom is -0.447 e. The van der Waals surface area contributed by atoms with Crippen molar-refractivity contribution in [2.45, 2.75) is 31.0 Å². The molecular formula is C23H29N3O7S. The molecule has 1 aliphatic rings. The van der Waals surface area contributed by atoms with Crippen LogP contribution in [0.25, 0.3) is 0 Å². The van der Waals surface area contributed by atoms with Crippen LogP contribution in [0.1, 0.15) is 24.2 Å². The molecule has 1 aliphatic heterocycles. The van der Waals surface area contributed by atoms with E-state index in [-0.39, 0.29) is 43.4 Å². The fourth-order valence-corrected chi connectivity index (χ4v) is 5.09. The molecular weight excluding hydrogens is 462 g/mol. The summed E-state index contributed by atoms with van der Waals surface area (Å²) in [4.78, 5) is 24.5. The zero-order chi connectivity index (χ0) is 24.7. The van der Waals surface area contributed by atoms with E-state index in [4.69, 9.17) is 14.2 Å². The third kappa shape index (κ3) is 6.76. The lowest BCUT2D eigenvalue weighted by Gasteiger charge is -2.34. The smallest absolute Gasteiger partial charge is 0.411 e. The number of amides is 2. The van der Waals surface area contributed by atoms with Gasteiger partial charge in [0.25, 0.3) is 5.91 Å². The van der Waals surface area contributed by atoms with Gasteiger partial charge in [0.05, 0.1) is 23.7 Å². The number of hydrogen-bond donors (Lipinski definition) is 2. The van der Waals surface area contributed by atoms with E-state index in [2.05, 4.69) is 10.6 Å². The second-order valence-electron chi connectivity index (χ2n) is 7.89. The van der Waals surface area contributed by atoms with Crippen LogP contribution in [-0.4, -0.2) is 70.3 Å². The highest BCUT2D eigenvalue weighted by Crippen LogP contribution is 2.22. The Hall–Kier alpha value is -2.99. The highest BCUT2D eigenvalue weighted by Gasteiger charge is 2.32. The van der Waals surface area contributed by atoms with Crippen molar-refractivity contribution in [1.82, 2.24) is 4.31 Å². The van der Waals surface area contributed by atoms with Crippen LogP contribution < -0.4 is 10.6 Å². The molecule has 1 fully saturated rings. The van der Waals surface area contributed by atoms with Crippen molar-refractivity contribution in [1.29, 1.82) is 0 Å². The third-order valence-electron chi connectivity index (χ3n) is 5.03. The van der Waals surface area contributed by atoms with Crippen LogP contribution in [0.5, 0.6) is 0 Å². The fourth-order valence-electron chi connectivity index (χ4n) is 3.50. The van der Waals surface area contributed by atoms with Gasteiger partial charge in [-0.15, -0.1) is 0 Å². The lowest BCUT2D eigenvalue weighted by atomic mass is 10.2. The van der Waals surface area contributed by atoms with Crippen LogP contribution >= 0.6 is 0 Å². The fraction of sp³-hybridized carbons (Fsp3) is 0.391. The topological polar surface area (TPSA) is 123 Å². The molecule has 11 heteroatoms. The van der Waals surface area contributed by atoms with E-state index in [9.17, 15) is 18.0 Å². The second kappa shape index (κ2) is 11.4. The number of anilines is 2. The van der Waals surface area contributed by atoms with E-state index in [0.29, 0.717) is 16.9 Å². The summed E-state index contributed by atoms with van der Waals surface area (Å²) in [5.74, 6) is -0.419. The van der Waals surface area contributed by atoms with Gasteiger partial charge in [0.1, 0.15) is 6.61 Å². The van der Waals surface area contributed by atoms with Gasteiger partial charge in [0.15, 0.2) is 0 Å². The van der Waals surface area contributed by atoms with E-state index >= 15 is 0 Å². The molecule has 184 valence electrons. The van der Waals surface area contributed by atoms with E-state index < -0.39 is 22.0 Å². The maximum Gasteiger partial charge on any atom is 0.411 e. The van der Waals surface area contributed by atoms with Crippen molar-refractivity contribution in [3.63, 3.8) is 0 Å². The number of nitrogens with zero attached hydrogens (tertiary/aromatic N) is 1. The number of methoxy groups -OCH3 is 1. The summed E-state index contributed by atoms with van der Waals surface area (Å²) in [6.45, 7) is 4.63. The quantitative estimate of drug-likeness (QED) is 0.544. The summed E-state index contributed by atoms with van der Waals surface area (Å²) in [6, 6.07) is 12.3. The van der Waals surface area contributed by atoms with Crippen molar-refractivity contribution in [2.24, 2.45) is 0 Å². The summed E-state index contributed by atoms with van der Waals surface area (Å²) < 4.78 is 42.7. The third-order valence-corrected chi connectivity index (χ3v) is 6.87. The molecule has 0 aromatic heterocycles. The van der Waals surface area contributed by atoms with Crippen LogP contribution in [0.15, 0.2) is 53.4 Å². The summed E-state index contributed by atoms with van der Waals surface area (Å²) in [6.07, 6.45) is -1.02. The Balaban J connectivity index is 1.63. The number of carbonyl (C=O) groups is 2. The van der Waals surface area contributed by atoms with Gasteiger partial charge in [-0.05, 0) is 56.3 Å². The van der Waals surface area contributed by atoms with E-state index in [1.54, 1.807) is 24.3 Å². The van der Waals surface area contributed by atoms with Crippen molar-refractivity contribution >= 4 is 33.4 Å². The molecule has 2 atom stereocenters. The number of ether oxygens (including phenoxy) is 3. The van der Waals surface area contributed by atoms with Gasteiger partial charge in [-0.1, -0.05) is 6.07 Å². The number of sulfonamides is 1. The normalized spacial score (nSPS) is 18.8. The lowest BCUT2D eigenvalue weighted by Crippen LogP contribution is -2.48. The predicted octanol–water partition coefficient (Wildman–Crippen LogP) is 2.93. The van der Waals surface area contributed by atoms with Crippen molar-refractivity contribution in [3.05, 3.63) is 54.1 Å². The standard InChI is InChI=1S/C23H29N3O7S/c1-16-14-26(15-17(2)33-16)34(29,30)21-9-7-18(8-10-21)22(27)24-19-5-4-6-20(13-19)25-23(28)32-12-11-31-3/h4-10,13,16-17H,11-12,14-15H2,1-3H3,(H,24,27)(H,25,28). The molecule has 0 aliphatic carbocycles. The van der Waals surface area contributed by atoms with Gasteiger partial charge < -0.3 is 19.5 Å². The summed E-state index contributed by atoms with van der Waals surface area (Å²) in [7, 11) is -2.19. The Morgan fingerprint density at radius 1 is 1.00 bits per heavy atom. The summed E-state index contributed by atoms with van der Waals surface area (Å²) in [5, 5.41) is 5.30. The first-order valence-corrected chi connectivity index (χ1v) is 12.2. The Morgan fingerprint density at radius 3 is 2.24 bits per heavy atom. The number of nitrogens with one attached hydrogen (secondary N) is 2. The average Bonchev–Trinajstić information content (AvgIpc) is 2.79. The van der Waals surface area contributed by atoms with Gasteiger partial charge in [-0.25, -0.2) is 13.2 Å². The zero-order valence-corrected chi connectivity index (χ0v) is 20.1. The van der Waals surface area contributed by atoms with Gasteiger partial charge in [0.2, 0.25) is 10.0 Å². The Bertz CT molecular complexity index is 1100. The van der Waals surface area contributed by atoms with E-state index in [1.807, 2.05) is 13.8 Å². The van der Waals surface area contributed by atoms with Gasteiger partial charge in [-0.2, -0.15) is 4.31 Å². The highest BCUT2D eigenvalue weighted by molar-refractivity contribution is 7.89. The van der Waals surface area contributed by atoms with Crippen molar-refractivity contribution in [3.8, 4) is 0 Å². The van der Waals surface area contributed by atoms with Crippen LogP contribution in [0.3, 0.4) is 0 Å². The summed E-state index contributed by atoms with van der Waals surface area (Å²) >= 11 is 0. The number of carbonyl (C=O) groups excluding carboxylic acids is 2. The Kier molecular flexibility index (Phi) is 8.61. The molecule has 0 saturated carbocycles. The molecule has 2 aromatic rings. The minimum atomic E-state index is -3.69. The molecule has 2 amide bonds. The summed E-state index contributed by atoms with van der Waals surface area (Å²) in [5.41, 5.74) is 1.18. The Morgan fingerprint density at radius 2 is 1.62 bits per heavy atom. The molecule has 34 heavy (non-hydrogen) atoms. The molecule has 1 saturated heterocycles. The molecule has 0 spiro atoms. The number of morpholine rings is 1. The largest absolute Gasteiger partial charge is 0.447 e. The lowest BCUT2D eigenvalue weighted by molar-refractivity contribution is -0.0440. The number of rotatable bonds is 8. The molecule has 1 heterocycles. The molecule has 2 N–H and O–H groups in total. The SMILES string of the molecule is COCCOC(=O)Nc1cccc(NC(=O)c2ccc(S(=O)(=O)N3CC(C)OC(C)C3)cc2)c1. The van der Waals surface area contributed by atoms with E-state index in [0.717, 1.165) is 0 Å². The van der Waals surface area contributed by atoms with Crippen LogP contribution in [0.4, 0.5) is 16.2 Å². The maximum atomic E-state index is 13.0. The minimum absolute atomic E-state index is 0.114. The predicted molar refractivity (Wildman–Crippen MR) is 126 cm³/mol. The molecule has 3 rings (SSSR count). The van der Waals surface area contributed by atoms with Gasteiger partial charge in [-0.3, -0.25) is 10.1 Å². The number of benzene rings is 2. The molecule has 10 nitrogen and oxygen atoms in total. The first-order valence-electron chi connectivity index (χ1n) is 10.8. The molecule has 0 bridgehead atoms. The maximum absolute atomic E-state index is 13.0. The van der Waals surface area contributed by atoms with Crippen LogP contribution in [0.2, 0.25) is 0 Å². The van der Waals surface area contributed by atoms with Crippen LogP contribution in [-0.2, 0) is 24.2 Å². The molecule has 2 aromatic carbocycles.